The van der Waals surface area contributed by atoms with Crippen LogP contribution < -0.4 is 5.32 Å². The van der Waals surface area contributed by atoms with E-state index in [4.69, 9.17) is 9.47 Å². The minimum Gasteiger partial charge on any atom is -0.480 e. The van der Waals surface area contributed by atoms with Crippen LogP contribution in [0.5, 0.6) is 0 Å². The molecule has 174 valence electrons. The number of carboxylic acids is 1. The molecule has 2 rings (SSSR count). The number of nitrogens with zero attached hydrogens (tertiary/aromatic N) is 1. The Hall–Kier alpha value is -2.76. The third-order valence-electron chi connectivity index (χ3n) is 4.97. The lowest BCUT2D eigenvalue weighted by atomic mass is 10.1. The van der Waals surface area contributed by atoms with Crippen LogP contribution in [0.3, 0.4) is 0 Å². The predicted octanol–water partition coefficient (Wildman–Crippen LogP) is 1.29. The van der Waals surface area contributed by atoms with Crippen molar-refractivity contribution in [3.8, 4) is 0 Å². The normalized spacial score (nSPS) is 14.9. The molecule has 2 N–H and O–H groups in total. The summed E-state index contributed by atoms with van der Waals surface area (Å²) in [6, 6.07) is 3.65. The molecule has 0 fully saturated rings. The van der Waals surface area contributed by atoms with Gasteiger partial charge in [0.2, 0.25) is 5.91 Å². The maximum Gasteiger partial charge on any atom is 0.326 e. The monoisotopic (exact) mass is 466 g/mol. The molecule has 2 unspecified atom stereocenters. The average Bonchev–Trinajstić information content (AvgIpc) is 3.01. The molecular weight excluding hydrogens is 440 g/mol. The van der Waals surface area contributed by atoms with Gasteiger partial charge in [-0.2, -0.15) is 0 Å². The second-order valence-electron chi connectivity index (χ2n) is 7.05. The van der Waals surface area contributed by atoms with Gasteiger partial charge in [-0.15, -0.1) is 0 Å². The van der Waals surface area contributed by atoms with Crippen LogP contribution in [0, 0.1) is 0 Å². The first kappa shape index (κ1) is 25.5. The molecule has 1 aliphatic heterocycles. The Morgan fingerprint density at radius 2 is 1.59 bits per heavy atom. The fourth-order valence-corrected chi connectivity index (χ4v) is 3.97. The van der Waals surface area contributed by atoms with Crippen LogP contribution in [0.25, 0.3) is 0 Å². The number of nitrogens with one attached hydrogen (secondary N) is 1. The predicted molar refractivity (Wildman–Crippen MR) is 115 cm³/mol. The highest BCUT2D eigenvalue weighted by atomic mass is 32.2. The minimum absolute atomic E-state index is 0.00442. The van der Waals surface area contributed by atoms with Crippen molar-refractivity contribution < 1.29 is 38.6 Å². The van der Waals surface area contributed by atoms with Crippen molar-refractivity contribution in [2.24, 2.45) is 0 Å². The third-order valence-corrected chi connectivity index (χ3v) is 5.81. The number of amides is 3. The number of aliphatic carboxylic acids is 1. The minimum atomic E-state index is -1.28. The van der Waals surface area contributed by atoms with Crippen LogP contribution in [0.15, 0.2) is 24.3 Å². The van der Waals surface area contributed by atoms with Crippen molar-refractivity contribution in [2.75, 3.05) is 20.0 Å². The number of hydrogen-bond acceptors (Lipinski definition) is 8. The Bertz CT molecular complexity index is 851. The number of fused-ring (bicyclic) bond motifs is 1. The zero-order chi connectivity index (χ0) is 23.8. The third kappa shape index (κ3) is 6.15. The lowest BCUT2D eigenvalue weighted by Gasteiger charge is -2.27. The second-order valence-corrected chi connectivity index (χ2v) is 8.32. The van der Waals surface area contributed by atoms with Gasteiger partial charge in [-0.25, -0.2) is 4.79 Å². The summed E-state index contributed by atoms with van der Waals surface area (Å²) < 4.78 is 10.1. The van der Waals surface area contributed by atoms with E-state index in [1.165, 1.54) is 33.3 Å². The summed E-state index contributed by atoms with van der Waals surface area (Å²) in [6.45, 7) is 1.37. The number of carbonyl (C=O) groups excluding carboxylic acids is 4. The van der Waals surface area contributed by atoms with Crippen LogP contribution in [0.4, 0.5) is 0 Å². The molecule has 0 aromatic heterocycles. The van der Waals surface area contributed by atoms with Gasteiger partial charge in [-0.1, -0.05) is 23.9 Å². The molecule has 0 saturated carbocycles. The van der Waals surface area contributed by atoms with E-state index in [1.807, 2.05) is 0 Å². The lowest BCUT2D eigenvalue weighted by Crippen LogP contribution is -2.53. The highest BCUT2D eigenvalue weighted by molar-refractivity contribution is 8.13. The van der Waals surface area contributed by atoms with Gasteiger partial charge in [-0.05, 0) is 25.0 Å². The van der Waals surface area contributed by atoms with Crippen molar-refractivity contribution in [3.63, 3.8) is 0 Å². The highest BCUT2D eigenvalue weighted by Crippen LogP contribution is 2.26. The quantitative estimate of drug-likeness (QED) is 0.344. The Kier molecular flexibility index (Phi) is 9.36. The Balaban J connectivity index is 2.22. The number of carbonyl (C=O) groups is 5. The molecule has 0 aliphatic carbocycles. The maximum atomic E-state index is 13.1. The Morgan fingerprint density at radius 3 is 2.06 bits per heavy atom. The first-order valence-electron chi connectivity index (χ1n) is 9.90. The largest absolute Gasteiger partial charge is 0.480 e. The van der Waals surface area contributed by atoms with Gasteiger partial charge in [0.15, 0.2) is 11.4 Å². The SMILES string of the molecule is COC(CCC(NC(=O)C(CCSC(C)=O)N1C(=O)c2ccccc2C1=O)C(=O)O)OC. The molecule has 1 heterocycles. The molecule has 1 aliphatic rings. The van der Waals surface area contributed by atoms with Crippen LogP contribution in [0.2, 0.25) is 0 Å². The van der Waals surface area contributed by atoms with Crippen molar-refractivity contribution in [3.05, 3.63) is 35.4 Å². The summed E-state index contributed by atoms with van der Waals surface area (Å²) in [5, 5.41) is 11.8. The average molecular weight is 467 g/mol. The van der Waals surface area contributed by atoms with Gasteiger partial charge in [-0.3, -0.25) is 24.1 Å². The summed E-state index contributed by atoms with van der Waals surface area (Å²) in [6.07, 6.45) is -0.452. The zero-order valence-electron chi connectivity index (χ0n) is 18.0. The van der Waals surface area contributed by atoms with E-state index in [-0.39, 0.29) is 41.3 Å². The fourth-order valence-electron chi connectivity index (χ4n) is 3.34. The van der Waals surface area contributed by atoms with E-state index in [2.05, 4.69) is 5.32 Å². The first-order valence-corrected chi connectivity index (χ1v) is 10.9. The van der Waals surface area contributed by atoms with Crippen LogP contribution in [-0.4, -0.2) is 77.2 Å². The number of carboxylic acid groups (broad SMARTS) is 1. The molecular formula is C21H26N2O8S. The van der Waals surface area contributed by atoms with Gasteiger partial charge >= 0.3 is 5.97 Å². The molecule has 0 bridgehead atoms. The van der Waals surface area contributed by atoms with Gasteiger partial charge in [0.05, 0.1) is 11.1 Å². The zero-order valence-corrected chi connectivity index (χ0v) is 18.8. The molecule has 2 atom stereocenters. The van der Waals surface area contributed by atoms with Crippen LogP contribution >= 0.6 is 11.8 Å². The second kappa shape index (κ2) is 11.7. The Labute approximate surface area is 189 Å². The molecule has 0 spiro atoms. The number of ether oxygens (including phenoxy) is 2. The molecule has 0 saturated heterocycles. The smallest absolute Gasteiger partial charge is 0.326 e. The van der Waals surface area contributed by atoms with E-state index in [0.29, 0.717) is 0 Å². The number of thioether (sulfide) groups is 1. The van der Waals surface area contributed by atoms with Crippen molar-refractivity contribution in [2.45, 2.75) is 44.6 Å². The summed E-state index contributed by atoms with van der Waals surface area (Å²) in [5.74, 6) is -3.16. The van der Waals surface area contributed by atoms with E-state index < -0.39 is 42.1 Å². The van der Waals surface area contributed by atoms with Crippen molar-refractivity contribution >= 4 is 40.6 Å². The van der Waals surface area contributed by atoms with Crippen LogP contribution in [-0.2, 0) is 23.9 Å². The molecule has 1 aromatic carbocycles. The van der Waals surface area contributed by atoms with Gasteiger partial charge in [0.25, 0.3) is 11.8 Å². The number of hydrogen-bond donors (Lipinski definition) is 2. The van der Waals surface area contributed by atoms with Gasteiger partial charge in [0.1, 0.15) is 12.1 Å². The van der Waals surface area contributed by atoms with Crippen molar-refractivity contribution in [1.82, 2.24) is 10.2 Å². The van der Waals surface area contributed by atoms with E-state index >= 15 is 0 Å². The molecule has 0 radical (unpaired) electrons. The standard InChI is InChI=1S/C21H26N2O8S/c1-12(24)32-11-10-16(23-19(26)13-6-4-5-7-14(13)20(23)27)18(25)22-15(21(28)29)8-9-17(30-2)31-3/h4-7,15-17H,8-11H2,1-3H3,(H,22,25)(H,28,29). The summed E-state index contributed by atoms with van der Waals surface area (Å²) in [5.41, 5.74) is 0.347. The summed E-state index contributed by atoms with van der Waals surface area (Å²) in [7, 11) is 2.82. The molecule has 1 aromatic rings. The number of methoxy groups -OCH3 is 2. The number of imide groups is 1. The molecule has 32 heavy (non-hydrogen) atoms. The molecule has 10 nitrogen and oxygen atoms in total. The fraction of sp³-hybridized carbons (Fsp3) is 0.476. The van der Waals surface area contributed by atoms with Gasteiger partial charge in [0, 0.05) is 33.3 Å². The first-order chi connectivity index (χ1) is 15.2. The number of benzene rings is 1. The highest BCUT2D eigenvalue weighted by Gasteiger charge is 2.43. The van der Waals surface area contributed by atoms with E-state index in [9.17, 15) is 29.1 Å². The van der Waals surface area contributed by atoms with Crippen molar-refractivity contribution in [1.29, 1.82) is 0 Å². The van der Waals surface area contributed by atoms with E-state index in [0.717, 1.165) is 16.7 Å². The van der Waals surface area contributed by atoms with Gasteiger partial charge < -0.3 is 19.9 Å². The maximum absolute atomic E-state index is 13.1. The molecule has 3 amide bonds. The lowest BCUT2D eigenvalue weighted by molar-refractivity contribution is -0.144. The van der Waals surface area contributed by atoms with Crippen LogP contribution in [0.1, 0.15) is 46.9 Å². The number of rotatable bonds is 12. The topological polar surface area (TPSA) is 139 Å². The Morgan fingerprint density at radius 1 is 1.03 bits per heavy atom. The summed E-state index contributed by atoms with van der Waals surface area (Å²) in [4.78, 5) is 62.6. The molecule has 11 heteroatoms. The summed E-state index contributed by atoms with van der Waals surface area (Å²) >= 11 is 0.950. The van der Waals surface area contributed by atoms with E-state index in [1.54, 1.807) is 12.1 Å².